The molecule has 0 aliphatic rings. The molecule has 0 bridgehead atoms. The van der Waals surface area contributed by atoms with Gasteiger partial charge in [0.25, 0.3) is 0 Å². The Bertz CT molecular complexity index is 406. The summed E-state index contributed by atoms with van der Waals surface area (Å²) in [4.78, 5) is 10.5. The fraction of sp³-hybridized carbons (Fsp3) is 0.462. The smallest absolute Gasteiger partial charge is 0.303 e. The second-order valence-electron chi connectivity index (χ2n) is 4.05. The number of nitrogens with two attached hydrogens (primary N) is 1. The number of carbonyl (C=O) groups is 1. The molecule has 0 heterocycles. The summed E-state index contributed by atoms with van der Waals surface area (Å²) in [6.07, 6.45) is 1.08. The van der Waals surface area contributed by atoms with Crippen molar-refractivity contribution in [3.63, 3.8) is 0 Å². The fourth-order valence-electron chi connectivity index (χ4n) is 1.81. The van der Waals surface area contributed by atoms with E-state index in [1.807, 2.05) is 18.2 Å². The van der Waals surface area contributed by atoms with Crippen LogP contribution in [0.4, 0.5) is 0 Å². The van der Waals surface area contributed by atoms with Gasteiger partial charge in [-0.1, -0.05) is 12.1 Å². The van der Waals surface area contributed by atoms with Gasteiger partial charge in [0.15, 0.2) is 11.5 Å². The number of benzene rings is 1. The van der Waals surface area contributed by atoms with Gasteiger partial charge in [0.1, 0.15) is 0 Å². The zero-order chi connectivity index (χ0) is 13.5. The first-order chi connectivity index (χ1) is 8.58. The van der Waals surface area contributed by atoms with Crippen molar-refractivity contribution < 1.29 is 19.4 Å². The molecule has 1 aromatic carbocycles. The summed E-state index contributed by atoms with van der Waals surface area (Å²) in [6.45, 7) is 0. The van der Waals surface area contributed by atoms with E-state index >= 15 is 0 Å². The van der Waals surface area contributed by atoms with E-state index in [0.29, 0.717) is 24.3 Å². The number of para-hydroxylation sites is 1. The molecule has 0 radical (unpaired) electrons. The van der Waals surface area contributed by atoms with E-state index in [4.69, 9.17) is 20.3 Å². The van der Waals surface area contributed by atoms with Gasteiger partial charge in [0.05, 0.1) is 14.2 Å². The summed E-state index contributed by atoms with van der Waals surface area (Å²) >= 11 is 0. The molecule has 0 spiro atoms. The summed E-state index contributed by atoms with van der Waals surface area (Å²) in [5.74, 6) is 0.481. The van der Waals surface area contributed by atoms with Crippen LogP contribution in [0.25, 0.3) is 0 Å². The Kier molecular flexibility index (Phi) is 5.45. The maximum absolute atomic E-state index is 10.5. The van der Waals surface area contributed by atoms with E-state index in [1.54, 1.807) is 14.2 Å². The minimum Gasteiger partial charge on any atom is -0.493 e. The van der Waals surface area contributed by atoms with E-state index in [-0.39, 0.29) is 12.5 Å². The van der Waals surface area contributed by atoms with Gasteiger partial charge >= 0.3 is 5.97 Å². The van der Waals surface area contributed by atoms with Crippen LogP contribution >= 0.6 is 0 Å². The Balaban J connectivity index is 2.74. The SMILES string of the molecule is COc1cccc(CC(N)CCC(=O)O)c1OC. The van der Waals surface area contributed by atoms with Gasteiger partial charge in [0, 0.05) is 12.5 Å². The van der Waals surface area contributed by atoms with Crippen molar-refractivity contribution in [3.05, 3.63) is 23.8 Å². The minimum atomic E-state index is -0.831. The van der Waals surface area contributed by atoms with Gasteiger partial charge in [-0.15, -0.1) is 0 Å². The van der Waals surface area contributed by atoms with Crippen LogP contribution in [0.15, 0.2) is 18.2 Å². The average molecular weight is 253 g/mol. The predicted octanol–water partition coefficient (Wildman–Crippen LogP) is 1.44. The maximum atomic E-state index is 10.5. The molecule has 5 heteroatoms. The molecule has 0 aromatic heterocycles. The van der Waals surface area contributed by atoms with Crippen LogP contribution in [0, 0.1) is 0 Å². The predicted molar refractivity (Wildman–Crippen MR) is 68.1 cm³/mol. The lowest BCUT2D eigenvalue weighted by Gasteiger charge is -2.15. The number of carboxylic acids is 1. The first kappa shape index (κ1) is 14.3. The molecule has 0 fully saturated rings. The largest absolute Gasteiger partial charge is 0.493 e. The van der Waals surface area contributed by atoms with Crippen molar-refractivity contribution in [1.82, 2.24) is 0 Å². The highest BCUT2D eigenvalue weighted by Gasteiger charge is 2.13. The zero-order valence-corrected chi connectivity index (χ0v) is 10.7. The van der Waals surface area contributed by atoms with E-state index in [2.05, 4.69) is 0 Å². The molecule has 0 amide bonds. The van der Waals surface area contributed by atoms with Crippen molar-refractivity contribution in [1.29, 1.82) is 0 Å². The third kappa shape index (κ3) is 3.92. The summed E-state index contributed by atoms with van der Waals surface area (Å²) in [5, 5.41) is 8.61. The van der Waals surface area contributed by atoms with Crippen LogP contribution in [-0.2, 0) is 11.2 Å². The minimum absolute atomic E-state index is 0.0768. The third-order valence-electron chi connectivity index (χ3n) is 2.70. The lowest BCUT2D eigenvalue weighted by molar-refractivity contribution is -0.137. The summed E-state index contributed by atoms with van der Waals surface area (Å²) in [5.41, 5.74) is 6.84. The van der Waals surface area contributed by atoms with Crippen LogP contribution in [0.3, 0.4) is 0 Å². The van der Waals surface area contributed by atoms with Crippen LogP contribution in [0.2, 0.25) is 0 Å². The van der Waals surface area contributed by atoms with Crippen LogP contribution < -0.4 is 15.2 Å². The number of hydrogen-bond donors (Lipinski definition) is 2. The Morgan fingerprint density at radius 3 is 2.67 bits per heavy atom. The zero-order valence-electron chi connectivity index (χ0n) is 10.7. The average Bonchev–Trinajstić information content (AvgIpc) is 2.36. The van der Waals surface area contributed by atoms with E-state index in [9.17, 15) is 4.79 Å². The van der Waals surface area contributed by atoms with Crippen LogP contribution in [0.1, 0.15) is 18.4 Å². The standard InChI is InChI=1S/C13H19NO4/c1-17-11-5-3-4-9(13(11)18-2)8-10(14)6-7-12(15)16/h3-5,10H,6-8,14H2,1-2H3,(H,15,16). The molecule has 3 N–H and O–H groups in total. The van der Waals surface area contributed by atoms with Crippen molar-refractivity contribution in [2.24, 2.45) is 5.73 Å². The quantitative estimate of drug-likeness (QED) is 0.768. The van der Waals surface area contributed by atoms with Crippen molar-refractivity contribution in [2.45, 2.75) is 25.3 Å². The number of aliphatic carboxylic acids is 1. The molecule has 1 unspecified atom stereocenters. The van der Waals surface area contributed by atoms with Crippen molar-refractivity contribution >= 4 is 5.97 Å². The number of rotatable bonds is 7. The Hall–Kier alpha value is -1.75. The number of carboxylic acid groups (broad SMARTS) is 1. The molecule has 1 atom stereocenters. The molecule has 0 saturated carbocycles. The molecule has 1 aromatic rings. The van der Waals surface area contributed by atoms with Crippen molar-refractivity contribution in [3.8, 4) is 11.5 Å². The van der Waals surface area contributed by atoms with Gasteiger partial charge in [-0.05, 0) is 24.5 Å². The molecule has 0 aliphatic carbocycles. The van der Waals surface area contributed by atoms with Gasteiger partial charge in [-0.25, -0.2) is 0 Å². The lowest BCUT2D eigenvalue weighted by atomic mass is 10.0. The molecule has 0 aliphatic heterocycles. The summed E-state index contributed by atoms with van der Waals surface area (Å²) in [6, 6.07) is 5.37. The Morgan fingerprint density at radius 2 is 2.11 bits per heavy atom. The van der Waals surface area contributed by atoms with Gasteiger partial charge in [-0.3, -0.25) is 4.79 Å². The van der Waals surface area contributed by atoms with E-state index in [0.717, 1.165) is 5.56 Å². The summed E-state index contributed by atoms with van der Waals surface area (Å²) < 4.78 is 10.5. The van der Waals surface area contributed by atoms with Crippen LogP contribution in [-0.4, -0.2) is 31.3 Å². The highest BCUT2D eigenvalue weighted by Crippen LogP contribution is 2.31. The topological polar surface area (TPSA) is 81.8 Å². The van der Waals surface area contributed by atoms with Gasteiger partial charge in [0.2, 0.25) is 0 Å². The van der Waals surface area contributed by atoms with Crippen molar-refractivity contribution in [2.75, 3.05) is 14.2 Å². The van der Waals surface area contributed by atoms with E-state index < -0.39 is 5.97 Å². The molecular formula is C13H19NO4. The molecule has 1 rings (SSSR count). The van der Waals surface area contributed by atoms with Gasteiger partial charge < -0.3 is 20.3 Å². The highest BCUT2D eigenvalue weighted by atomic mass is 16.5. The maximum Gasteiger partial charge on any atom is 0.303 e. The summed E-state index contributed by atoms with van der Waals surface area (Å²) in [7, 11) is 3.15. The molecule has 100 valence electrons. The number of hydrogen-bond acceptors (Lipinski definition) is 4. The van der Waals surface area contributed by atoms with Gasteiger partial charge in [-0.2, -0.15) is 0 Å². The Labute approximate surface area is 107 Å². The monoisotopic (exact) mass is 253 g/mol. The second kappa shape index (κ2) is 6.86. The molecular weight excluding hydrogens is 234 g/mol. The molecule has 5 nitrogen and oxygen atoms in total. The second-order valence-corrected chi connectivity index (χ2v) is 4.05. The van der Waals surface area contributed by atoms with E-state index in [1.165, 1.54) is 0 Å². The number of ether oxygens (including phenoxy) is 2. The third-order valence-corrected chi connectivity index (χ3v) is 2.70. The van der Waals surface area contributed by atoms with Crippen LogP contribution in [0.5, 0.6) is 11.5 Å². The molecule has 18 heavy (non-hydrogen) atoms. The highest BCUT2D eigenvalue weighted by molar-refractivity contribution is 5.66. The normalized spacial score (nSPS) is 11.9. The number of methoxy groups -OCH3 is 2. The molecule has 0 saturated heterocycles. The fourth-order valence-corrected chi connectivity index (χ4v) is 1.81. The first-order valence-corrected chi connectivity index (χ1v) is 5.75. The Morgan fingerprint density at radius 1 is 1.39 bits per heavy atom. The lowest BCUT2D eigenvalue weighted by Crippen LogP contribution is -2.24. The first-order valence-electron chi connectivity index (χ1n) is 5.75.